The fraction of sp³-hybridized carbons (Fsp3) is 0.917. The molecule has 112 valence electrons. The molecule has 1 saturated heterocycles. The van der Waals surface area contributed by atoms with Gasteiger partial charge in [0.2, 0.25) is 0 Å². The van der Waals surface area contributed by atoms with Crippen molar-refractivity contribution in [3.63, 3.8) is 0 Å². The van der Waals surface area contributed by atoms with E-state index in [9.17, 15) is 8.42 Å². The number of hydrogen-bond donors (Lipinski definition) is 1. The van der Waals surface area contributed by atoms with E-state index in [1.165, 1.54) is 6.26 Å². The van der Waals surface area contributed by atoms with Gasteiger partial charge >= 0.3 is 0 Å². The number of nitrogens with zero attached hydrogens (tertiary/aromatic N) is 2. The van der Waals surface area contributed by atoms with E-state index in [2.05, 4.69) is 22.1 Å². The summed E-state index contributed by atoms with van der Waals surface area (Å²) in [5.41, 5.74) is 0. The van der Waals surface area contributed by atoms with Gasteiger partial charge in [-0.3, -0.25) is 4.99 Å². The molecule has 0 aromatic rings. The normalized spacial score (nSPS) is 21.5. The van der Waals surface area contributed by atoms with E-state index in [1.54, 1.807) is 0 Å². The third-order valence-corrected chi connectivity index (χ3v) is 5.25. The lowest BCUT2D eigenvalue weighted by molar-refractivity contribution is 0.408. The van der Waals surface area contributed by atoms with Gasteiger partial charge in [0.1, 0.15) is 9.84 Å². The Labute approximate surface area is 121 Å². The van der Waals surface area contributed by atoms with Crippen molar-refractivity contribution >= 4 is 27.6 Å². The van der Waals surface area contributed by atoms with Crippen LogP contribution in [0.15, 0.2) is 4.99 Å². The smallest absolute Gasteiger partial charge is 0.194 e. The molecule has 1 aliphatic heterocycles. The van der Waals surface area contributed by atoms with Crippen molar-refractivity contribution in [3.8, 4) is 0 Å². The fourth-order valence-electron chi connectivity index (χ4n) is 1.90. The van der Waals surface area contributed by atoms with E-state index >= 15 is 0 Å². The predicted octanol–water partition coefficient (Wildman–Crippen LogP) is 0.824. The molecule has 0 aliphatic carbocycles. The second kappa shape index (κ2) is 7.99. The minimum absolute atomic E-state index is 0.113. The minimum atomic E-state index is -2.94. The third kappa shape index (κ3) is 6.51. The van der Waals surface area contributed by atoms with Gasteiger partial charge in [-0.15, -0.1) is 0 Å². The van der Waals surface area contributed by atoms with Crippen molar-refractivity contribution < 1.29 is 8.42 Å². The van der Waals surface area contributed by atoms with E-state index in [-0.39, 0.29) is 5.75 Å². The second-order valence-corrected chi connectivity index (χ2v) is 8.38. The third-order valence-electron chi connectivity index (χ3n) is 2.95. The van der Waals surface area contributed by atoms with Crippen molar-refractivity contribution in [3.05, 3.63) is 0 Å². The lowest BCUT2D eigenvalue weighted by Crippen LogP contribution is -2.48. The van der Waals surface area contributed by atoms with E-state index < -0.39 is 9.84 Å². The molecule has 1 N–H and O–H groups in total. The molecule has 1 aliphatic rings. The molecular formula is C12H25N3O2S2. The Morgan fingerprint density at radius 1 is 1.47 bits per heavy atom. The number of nitrogens with one attached hydrogen (secondary N) is 1. The van der Waals surface area contributed by atoms with Crippen molar-refractivity contribution in [2.75, 3.05) is 43.9 Å². The summed E-state index contributed by atoms with van der Waals surface area (Å²) < 4.78 is 22.3. The average Bonchev–Trinajstić information content (AvgIpc) is 2.36. The molecule has 0 aromatic heterocycles. The standard InChI is InChI=1S/C12H25N3O2S2/c1-4-11-10-15(7-8-18-11)12(13-5-2)14-6-9-19(3,16)17/h11H,4-10H2,1-3H3,(H,13,14). The highest BCUT2D eigenvalue weighted by Crippen LogP contribution is 2.20. The monoisotopic (exact) mass is 307 g/mol. The Balaban J connectivity index is 2.62. The molecule has 0 aromatic carbocycles. The van der Waals surface area contributed by atoms with Gasteiger partial charge in [0.05, 0.1) is 12.3 Å². The Hall–Kier alpha value is -0.430. The highest BCUT2D eigenvalue weighted by Gasteiger charge is 2.21. The molecule has 19 heavy (non-hydrogen) atoms. The number of rotatable bonds is 5. The first kappa shape index (κ1) is 16.6. The van der Waals surface area contributed by atoms with Gasteiger partial charge in [-0.1, -0.05) is 6.92 Å². The van der Waals surface area contributed by atoms with Crippen molar-refractivity contribution in [1.29, 1.82) is 0 Å². The lowest BCUT2D eigenvalue weighted by Gasteiger charge is -2.34. The van der Waals surface area contributed by atoms with Crippen molar-refractivity contribution in [2.24, 2.45) is 4.99 Å². The first-order valence-electron chi connectivity index (χ1n) is 6.78. The molecule has 0 amide bonds. The second-order valence-electron chi connectivity index (χ2n) is 4.71. The minimum Gasteiger partial charge on any atom is -0.357 e. The van der Waals surface area contributed by atoms with Crippen LogP contribution in [0.1, 0.15) is 20.3 Å². The zero-order chi connectivity index (χ0) is 14.3. The van der Waals surface area contributed by atoms with E-state index in [4.69, 9.17) is 0 Å². The zero-order valence-electron chi connectivity index (χ0n) is 12.1. The van der Waals surface area contributed by atoms with Gasteiger partial charge < -0.3 is 10.2 Å². The maximum absolute atomic E-state index is 11.1. The maximum Gasteiger partial charge on any atom is 0.194 e. The van der Waals surface area contributed by atoms with Crippen LogP contribution in [0.3, 0.4) is 0 Å². The molecule has 0 radical (unpaired) electrons. The SMILES string of the molecule is CCNC(=NCCS(C)(=O)=O)N1CCSC(CC)C1. The first-order chi connectivity index (χ1) is 8.96. The molecule has 0 spiro atoms. The number of hydrogen-bond acceptors (Lipinski definition) is 4. The van der Waals surface area contributed by atoms with Crippen LogP contribution < -0.4 is 5.32 Å². The van der Waals surface area contributed by atoms with Crippen molar-refractivity contribution in [2.45, 2.75) is 25.5 Å². The summed E-state index contributed by atoms with van der Waals surface area (Å²) in [6.07, 6.45) is 2.41. The molecule has 5 nitrogen and oxygen atoms in total. The van der Waals surface area contributed by atoms with Crippen LogP contribution in [0, 0.1) is 0 Å². The van der Waals surface area contributed by atoms with Crippen LogP contribution in [-0.2, 0) is 9.84 Å². The van der Waals surface area contributed by atoms with E-state index in [0.717, 1.165) is 37.8 Å². The van der Waals surface area contributed by atoms with Gasteiger partial charge in [-0.05, 0) is 13.3 Å². The zero-order valence-corrected chi connectivity index (χ0v) is 13.7. The molecule has 1 unspecified atom stereocenters. The molecule has 1 heterocycles. The highest BCUT2D eigenvalue weighted by atomic mass is 32.2. The maximum atomic E-state index is 11.1. The molecule has 0 saturated carbocycles. The predicted molar refractivity (Wildman–Crippen MR) is 83.8 cm³/mol. The van der Waals surface area contributed by atoms with E-state index in [0.29, 0.717) is 11.8 Å². The first-order valence-corrected chi connectivity index (χ1v) is 9.89. The summed E-state index contributed by atoms with van der Waals surface area (Å²) in [6, 6.07) is 0. The summed E-state index contributed by atoms with van der Waals surface area (Å²) in [5.74, 6) is 2.07. The summed E-state index contributed by atoms with van der Waals surface area (Å²) in [4.78, 5) is 6.68. The number of guanidine groups is 1. The summed E-state index contributed by atoms with van der Waals surface area (Å²) in [7, 11) is -2.94. The number of sulfone groups is 1. The van der Waals surface area contributed by atoms with Gasteiger partial charge in [-0.2, -0.15) is 11.8 Å². The molecule has 1 fully saturated rings. The molecule has 0 bridgehead atoms. The molecule has 7 heteroatoms. The van der Waals surface area contributed by atoms with Crippen molar-refractivity contribution in [1.82, 2.24) is 10.2 Å². The Kier molecular flexibility index (Phi) is 6.99. The Morgan fingerprint density at radius 2 is 2.21 bits per heavy atom. The molecule has 1 rings (SSSR count). The van der Waals surface area contributed by atoms with Crippen LogP contribution >= 0.6 is 11.8 Å². The Morgan fingerprint density at radius 3 is 2.79 bits per heavy atom. The number of aliphatic imine (C=N–C) groups is 1. The van der Waals surface area contributed by atoms with Gasteiger partial charge in [0, 0.05) is 36.9 Å². The van der Waals surface area contributed by atoms with Crippen LogP contribution in [0.2, 0.25) is 0 Å². The Bertz CT molecular complexity index is 396. The van der Waals surface area contributed by atoms with Crippen LogP contribution in [0.4, 0.5) is 0 Å². The largest absolute Gasteiger partial charge is 0.357 e. The van der Waals surface area contributed by atoms with Crippen LogP contribution in [-0.4, -0.2) is 68.5 Å². The summed E-state index contributed by atoms with van der Waals surface area (Å²) in [6.45, 7) is 7.34. The molecular weight excluding hydrogens is 282 g/mol. The highest BCUT2D eigenvalue weighted by molar-refractivity contribution is 8.00. The van der Waals surface area contributed by atoms with Crippen LogP contribution in [0.5, 0.6) is 0 Å². The quantitative estimate of drug-likeness (QED) is 0.602. The topological polar surface area (TPSA) is 61.8 Å². The van der Waals surface area contributed by atoms with Gasteiger partial charge in [0.15, 0.2) is 5.96 Å². The summed E-state index contributed by atoms with van der Waals surface area (Å²) >= 11 is 2.01. The summed E-state index contributed by atoms with van der Waals surface area (Å²) in [5, 5.41) is 3.90. The fourth-order valence-corrected chi connectivity index (χ4v) is 3.50. The van der Waals surface area contributed by atoms with Gasteiger partial charge in [0.25, 0.3) is 0 Å². The van der Waals surface area contributed by atoms with Gasteiger partial charge in [-0.25, -0.2) is 8.42 Å². The number of thioether (sulfide) groups is 1. The molecule has 1 atom stereocenters. The van der Waals surface area contributed by atoms with E-state index in [1.807, 2.05) is 18.7 Å². The van der Waals surface area contributed by atoms with Crippen LogP contribution in [0.25, 0.3) is 0 Å². The lowest BCUT2D eigenvalue weighted by atomic mass is 10.3. The average molecular weight is 307 g/mol.